The Kier molecular flexibility index (Phi) is 6.95. The molecule has 10 nitrogen and oxygen atoms in total. The van der Waals surface area contributed by atoms with Crippen molar-refractivity contribution >= 4 is 50.9 Å². The summed E-state index contributed by atoms with van der Waals surface area (Å²) < 4.78 is 5.46. The summed E-state index contributed by atoms with van der Waals surface area (Å²) in [5.41, 5.74) is 4.31. The molecule has 0 saturated heterocycles. The van der Waals surface area contributed by atoms with Crippen molar-refractivity contribution in [2.45, 2.75) is 26.4 Å². The first kappa shape index (κ1) is 27.4. The molecule has 0 unspecified atom stereocenters. The molecule has 0 spiro atoms. The Morgan fingerprint density at radius 1 is 0.907 bits per heavy atom. The number of esters is 1. The van der Waals surface area contributed by atoms with E-state index < -0.39 is 17.5 Å². The zero-order valence-corrected chi connectivity index (χ0v) is 23.7. The number of nitrogens with one attached hydrogen (secondary N) is 3. The molecule has 1 amide bonds. The van der Waals surface area contributed by atoms with Gasteiger partial charge in [0.05, 0.1) is 39.1 Å². The average molecular weight is 573 g/mol. The number of anilines is 1. The summed E-state index contributed by atoms with van der Waals surface area (Å²) in [6.07, 6.45) is 1.65. The van der Waals surface area contributed by atoms with Gasteiger partial charge in [0.15, 0.2) is 11.7 Å². The van der Waals surface area contributed by atoms with Gasteiger partial charge in [-0.1, -0.05) is 18.2 Å². The summed E-state index contributed by atoms with van der Waals surface area (Å²) in [6, 6.07) is 24.8. The van der Waals surface area contributed by atoms with Crippen molar-refractivity contribution in [3.63, 3.8) is 0 Å². The maximum atomic E-state index is 12.9. The summed E-state index contributed by atoms with van der Waals surface area (Å²) in [5, 5.41) is 14.6. The zero-order valence-electron chi connectivity index (χ0n) is 23.7. The predicted molar refractivity (Wildman–Crippen MR) is 165 cm³/mol. The molecule has 0 bridgehead atoms. The van der Waals surface area contributed by atoms with E-state index in [0.717, 1.165) is 5.52 Å². The Morgan fingerprint density at radius 3 is 2.40 bits per heavy atom. The molecule has 0 aliphatic rings. The summed E-state index contributed by atoms with van der Waals surface area (Å²) in [4.78, 5) is 45.0. The quantitative estimate of drug-likeness (QED) is 0.132. The van der Waals surface area contributed by atoms with E-state index in [9.17, 15) is 14.7 Å². The fraction of sp³-hybridized carbons (Fsp3) is 0.121. The topological polar surface area (TPSA) is 145 Å². The summed E-state index contributed by atoms with van der Waals surface area (Å²) in [7, 11) is 0. The molecule has 6 aromatic rings. The van der Waals surface area contributed by atoms with Gasteiger partial charge in [0, 0.05) is 17.3 Å². The number of nitrogens with zero attached hydrogens (tertiary/aromatic N) is 3. The van der Waals surface area contributed by atoms with Crippen LogP contribution in [0.1, 0.15) is 53.0 Å². The molecule has 0 aliphatic heterocycles. The second-order valence-electron chi connectivity index (χ2n) is 10.9. The molecule has 0 saturated carbocycles. The number of ether oxygens (including phenoxy) is 1. The van der Waals surface area contributed by atoms with E-state index in [1.54, 1.807) is 60.8 Å². The van der Waals surface area contributed by atoms with Crippen LogP contribution in [0.15, 0.2) is 96.1 Å². The van der Waals surface area contributed by atoms with Crippen LogP contribution in [0.3, 0.4) is 0 Å². The number of fused-ring (bicyclic) bond motifs is 2. The molecular weight excluding hydrogens is 544 g/mol. The van der Waals surface area contributed by atoms with Gasteiger partial charge in [-0.2, -0.15) is 0 Å². The van der Waals surface area contributed by atoms with Gasteiger partial charge in [0.25, 0.3) is 5.91 Å². The molecule has 0 fully saturated rings. The first-order valence-electron chi connectivity index (χ1n) is 13.6. The normalized spacial score (nSPS) is 12.0. The Bertz CT molecular complexity index is 1970. The highest BCUT2D eigenvalue weighted by Gasteiger charge is 2.21. The maximum Gasteiger partial charge on any atom is 0.338 e. The third-order valence-electron chi connectivity index (χ3n) is 6.53. The zero-order chi connectivity index (χ0) is 30.1. The SMILES string of the molecule is CC(C)(C)OC(=O)c1ccc(N=C(c2ccccn2)c2c(O)[nH]c3cc(NC(=O)c4nc5ccccc5[nH]4)ccc23)cc1. The second-order valence-corrected chi connectivity index (χ2v) is 10.9. The van der Waals surface area contributed by atoms with E-state index in [-0.39, 0.29) is 11.7 Å². The second kappa shape index (κ2) is 10.9. The standard InChI is InChI=1S/C33H28N6O4/c1-33(2,3)43-32(42)19-11-13-20(14-12-19)35-28(25-10-6-7-17-34-25)27-22-16-15-21(18-26(22)39-30(27)40)36-31(41)29-37-23-8-4-5-9-24(23)38-29/h4-18,39-40H,1-3H3,(H,36,41)(H,37,38). The molecule has 214 valence electrons. The summed E-state index contributed by atoms with van der Waals surface area (Å²) in [6.45, 7) is 5.44. The Labute approximate surface area is 246 Å². The number of benzene rings is 3. The van der Waals surface area contributed by atoms with Gasteiger partial charge >= 0.3 is 5.97 Å². The lowest BCUT2D eigenvalue weighted by Crippen LogP contribution is -2.23. The van der Waals surface area contributed by atoms with Gasteiger partial charge in [-0.3, -0.25) is 9.78 Å². The minimum absolute atomic E-state index is 0.106. The third-order valence-corrected chi connectivity index (χ3v) is 6.53. The number of H-pyrrole nitrogens is 2. The number of hydrogen-bond donors (Lipinski definition) is 4. The van der Waals surface area contributed by atoms with E-state index >= 15 is 0 Å². The van der Waals surface area contributed by atoms with E-state index in [0.29, 0.717) is 50.3 Å². The highest BCUT2D eigenvalue weighted by molar-refractivity contribution is 6.21. The van der Waals surface area contributed by atoms with Crippen LogP contribution in [-0.2, 0) is 4.74 Å². The van der Waals surface area contributed by atoms with Crippen molar-refractivity contribution in [3.05, 3.63) is 114 Å². The van der Waals surface area contributed by atoms with Crippen molar-refractivity contribution in [1.82, 2.24) is 19.9 Å². The number of aromatic nitrogens is 4. The Hall–Kier alpha value is -5.77. The molecular formula is C33H28N6O4. The summed E-state index contributed by atoms with van der Waals surface area (Å²) in [5.74, 6) is -0.730. The van der Waals surface area contributed by atoms with Crippen LogP contribution in [0.2, 0.25) is 0 Å². The molecule has 3 heterocycles. The number of rotatable bonds is 6. The molecule has 4 N–H and O–H groups in total. The monoisotopic (exact) mass is 572 g/mol. The number of imidazole rings is 1. The highest BCUT2D eigenvalue weighted by atomic mass is 16.6. The molecule has 10 heteroatoms. The number of carbonyl (C=O) groups excluding carboxylic acids is 2. The van der Waals surface area contributed by atoms with Crippen LogP contribution in [0, 0.1) is 0 Å². The summed E-state index contributed by atoms with van der Waals surface area (Å²) >= 11 is 0. The lowest BCUT2D eigenvalue weighted by atomic mass is 10.0. The minimum Gasteiger partial charge on any atom is -0.494 e. The lowest BCUT2D eigenvalue weighted by Gasteiger charge is -2.19. The van der Waals surface area contributed by atoms with Gasteiger partial charge in [0.1, 0.15) is 11.3 Å². The van der Waals surface area contributed by atoms with Crippen molar-refractivity contribution in [1.29, 1.82) is 0 Å². The average Bonchev–Trinajstić information content (AvgIpc) is 3.56. The molecule has 0 atom stereocenters. The van der Waals surface area contributed by atoms with Gasteiger partial charge < -0.3 is 25.1 Å². The van der Waals surface area contributed by atoms with E-state index in [4.69, 9.17) is 9.73 Å². The van der Waals surface area contributed by atoms with Gasteiger partial charge in [-0.15, -0.1) is 0 Å². The van der Waals surface area contributed by atoms with Crippen molar-refractivity contribution in [2.24, 2.45) is 4.99 Å². The number of pyridine rings is 1. The van der Waals surface area contributed by atoms with Crippen LogP contribution in [-0.4, -0.2) is 48.2 Å². The van der Waals surface area contributed by atoms with E-state index in [1.165, 1.54) is 0 Å². The van der Waals surface area contributed by atoms with E-state index in [1.807, 2.05) is 51.1 Å². The minimum atomic E-state index is -0.608. The predicted octanol–water partition coefficient (Wildman–Crippen LogP) is 6.52. The smallest absolute Gasteiger partial charge is 0.338 e. The van der Waals surface area contributed by atoms with Crippen LogP contribution in [0.25, 0.3) is 21.9 Å². The Morgan fingerprint density at radius 2 is 1.67 bits per heavy atom. The number of hydrogen-bond acceptors (Lipinski definition) is 7. The van der Waals surface area contributed by atoms with Crippen LogP contribution < -0.4 is 5.32 Å². The fourth-order valence-corrected chi connectivity index (χ4v) is 4.63. The van der Waals surface area contributed by atoms with Crippen LogP contribution in [0.5, 0.6) is 5.88 Å². The molecule has 43 heavy (non-hydrogen) atoms. The Balaban J connectivity index is 1.33. The van der Waals surface area contributed by atoms with Crippen LogP contribution >= 0.6 is 0 Å². The number of amides is 1. The largest absolute Gasteiger partial charge is 0.494 e. The fourth-order valence-electron chi connectivity index (χ4n) is 4.63. The van der Waals surface area contributed by atoms with Crippen LogP contribution in [0.4, 0.5) is 11.4 Å². The van der Waals surface area contributed by atoms with Crippen molar-refractivity contribution in [2.75, 3.05) is 5.32 Å². The number of carbonyl (C=O) groups is 2. The number of para-hydroxylation sites is 2. The molecule has 0 aliphatic carbocycles. The number of aromatic amines is 2. The molecule has 0 radical (unpaired) electrons. The first-order chi connectivity index (χ1) is 20.6. The molecule has 3 aromatic heterocycles. The lowest BCUT2D eigenvalue weighted by molar-refractivity contribution is 0.00694. The van der Waals surface area contributed by atoms with Gasteiger partial charge in [0.2, 0.25) is 0 Å². The molecule has 3 aromatic carbocycles. The number of aromatic hydroxyl groups is 1. The first-order valence-corrected chi connectivity index (χ1v) is 13.6. The van der Waals surface area contributed by atoms with Crippen molar-refractivity contribution in [3.8, 4) is 5.88 Å². The molecule has 6 rings (SSSR count). The van der Waals surface area contributed by atoms with Crippen molar-refractivity contribution < 1.29 is 19.4 Å². The van der Waals surface area contributed by atoms with Gasteiger partial charge in [-0.25, -0.2) is 14.8 Å². The van der Waals surface area contributed by atoms with E-state index in [2.05, 4.69) is 25.3 Å². The third kappa shape index (κ3) is 5.84. The highest BCUT2D eigenvalue weighted by Crippen LogP contribution is 2.33. The van der Waals surface area contributed by atoms with Gasteiger partial charge in [-0.05, 0) is 87.5 Å². The number of aliphatic imine (C=N–C) groups is 1. The maximum absolute atomic E-state index is 12.9.